The third kappa shape index (κ3) is 3.72. The highest BCUT2D eigenvalue weighted by Crippen LogP contribution is 2.14. The summed E-state index contributed by atoms with van der Waals surface area (Å²) < 4.78 is 28.4. The number of nitrogens with zero attached hydrogens (tertiary/aromatic N) is 1. The number of aryl methyl sites for hydroxylation is 1. The molecule has 1 saturated heterocycles. The van der Waals surface area contributed by atoms with E-state index >= 15 is 0 Å². The number of aromatic nitrogens is 1. The summed E-state index contributed by atoms with van der Waals surface area (Å²) in [7, 11) is -2.03. The van der Waals surface area contributed by atoms with Crippen LogP contribution < -0.4 is 15.8 Å². The third-order valence-corrected chi connectivity index (χ3v) is 4.65. The van der Waals surface area contributed by atoms with Crippen molar-refractivity contribution in [1.29, 1.82) is 0 Å². The second-order valence-corrected chi connectivity index (χ2v) is 6.41. The SMILES string of the molecule is Cl.Cn1cc(S(=O)(=O)NC2CCCNC2)cc1C(N)=O. The summed E-state index contributed by atoms with van der Waals surface area (Å²) in [4.78, 5) is 11.2. The number of amides is 1. The second-order valence-electron chi connectivity index (χ2n) is 4.70. The molecule has 114 valence electrons. The molecule has 1 unspecified atom stereocenters. The first-order chi connectivity index (χ1) is 8.90. The minimum Gasteiger partial charge on any atom is -0.364 e. The van der Waals surface area contributed by atoms with Crippen molar-refractivity contribution < 1.29 is 13.2 Å². The lowest BCUT2D eigenvalue weighted by atomic mass is 10.1. The molecule has 2 heterocycles. The number of rotatable bonds is 4. The van der Waals surface area contributed by atoms with E-state index in [1.54, 1.807) is 7.05 Å². The second kappa shape index (κ2) is 6.57. The zero-order valence-corrected chi connectivity index (χ0v) is 12.8. The lowest BCUT2D eigenvalue weighted by molar-refractivity contribution is 0.0992. The van der Waals surface area contributed by atoms with E-state index in [1.807, 2.05) is 0 Å². The highest BCUT2D eigenvalue weighted by molar-refractivity contribution is 7.89. The van der Waals surface area contributed by atoms with E-state index in [-0.39, 0.29) is 29.0 Å². The molecule has 0 spiro atoms. The average Bonchev–Trinajstić information content (AvgIpc) is 2.73. The number of piperidine rings is 1. The van der Waals surface area contributed by atoms with Crippen LogP contribution in [-0.4, -0.2) is 38.0 Å². The molecular weight excluding hydrogens is 304 g/mol. The standard InChI is InChI=1S/C11H18N4O3S.ClH/c1-15-7-9(5-10(15)11(12)16)19(17,18)14-8-3-2-4-13-6-8;/h5,7-8,13-14H,2-4,6H2,1H3,(H2,12,16);1H. The molecule has 1 fully saturated rings. The monoisotopic (exact) mass is 322 g/mol. The largest absolute Gasteiger partial charge is 0.364 e. The van der Waals surface area contributed by atoms with E-state index in [1.165, 1.54) is 16.8 Å². The molecule has 1 amide bonds. The first kappa shape index (κ1) is 17.0. The number of nitrogens with one attached hydrogen (secondary N) is 2. The van der Waals surface area contributed by atoms with Gasteiger partial charge in [0.25, 0.3) is 5.91 Å². The summed E-state index contributed by atoms with van der Waals surface area (Å²) in [6, 6.07) is 1.18. The maximum atomic E-state index is 12.2. The molecule has 9 heteroatoms. The summed E-state index contributed by atoms with van der Waals surface area (Å²) in [5, 5.41) is 3.14. The lowest BCUT2D eigenvalue weighted by Gasteiger charge is -2.23. The van der Waals surface area contributed by atoms with Gasteiger partial charge >= 0.3 is 0 Å². The fourth-order valence-corrected chi connectivity index (χ4v) is 3.51. The number of halogens is 1. The van der Waals surface area contributed by atoms with Crippen LogP contribution in [0.15, 0.2) is 17.2 Å². The highest BCUT2D eigenvalue weighted by Gasteiger charge is 2.24. The predicted octanol–water partition coefficient (Wildman–Crippen LogP) is -0.424. The summed E-state index contributed by atoms with van der Waals surface area (Å²) in [6.07, 6.45) is 3.13. The quantitative estimate of drug-likeness (QED) is 0.699. The van der Waals surface area contributed by atoms with E-state index in [9.17, 15) is 13.2 Å². The van der Waals surface area contributed by atoms with Crippen molar-refractivity contribution in [2.75, 3.05) is 13.1 Å². The van der Waals surface area contributed by atoms with Gasteiger partial charge in [-0.15, -0.1) is 12.4 Å². The van der Waals surface area contributed by atoms with Gasteiger partial charge in [0.05, 0.1) is 0 Å². The molecule has 1 aliphatic heterocycles. The van der Waals surface area contributed by atoms with Gasteiger partial charge in [-0.2, -0.15) is 0 Å². The van der Waals surface area contributed by atoms with E-state index in [2.05, 4.69) is 10.0 Å². The summed E-state index contributed by atoms with van der Waals surface area (Å²) >= 11 is 0. The molecule has 0 radical (unpaired) electrons. The van der Waals surface area contributed by atoms with Gasteiger partial charge in [0.2, 0.25) is 10.0 Å². The van der Waals surface area contributed by atoms with E-state index < -0.39 is 15.9 Å². The third-order valence-electron chi connectivity index (χ3n) is 3.16. The van der Waals surface area contributed by atoms with Gasteiger partial charge in [0, 0.05) is 25.8 Å². The van der Waals surface area contributed by atoms with Gasteiger partial charge in [0.15, 0.2) is 0 Å². The first-order valence-corrected chi connectivity index (χ1v) is 7.57. The van der Waals surface area contributed by atoms with Crippen molar-refractivity contribution in [1.82, 2.24) is 14.6 Å². The van der Waals surface area contributed by atoms with Gasteiger partial charge in [-0.25, -0.2) is 13.1 Å². The lowest BCUT2D eigenvalue weighted by Crippen LogP contribution is -2.45. The average molecular weight is 323 g/mol. The number of carbonyl (C=O) groups is 1. The Morgan fingerprint density at radius 3 is 2.75 bits per heavy atom. The Balaban J connectivity index is 0.00000200. The number of carbonyl (C=O) groups excluding carboxylic acids is 1. The van der Waals surface area contributed by atoms with Gasteiger partial charge in [-0.1, -0.05) is 0 Å². The number of primary amides is 1. The molecule has 7 nitrogen and oxygen atoms in total. The van der Waals surface area contributed by atoms with Gasteiger partial charge in [-0.05, 0) is 25.5 Å². The predicted molar refractivity (Wildman–Crippen MR) is 77.4 cm³/mol. The molecule has 4 N–H and O–H groups in total. The van der Waals surface area contributed by atoms with Crippen LogP contribution in [0.1, 0.15) is 23.3 Å². The molecule has 0 saturated carbocycles. The molecule has 20 heavy (non-hydrogen) atoms. The normalized spacial score (nSPS) is 19.4. The fraction of sp³-hybridized carbons (Fsp3) is 0.545. The molecule has 2 rings (SSSR count). The van der Waals surface area contributed by atoms with Crippen molar-refractivity contribution in [2.45, 2.75) is 23.8 Å². The number of hydrogen-bond acceptors (Lipinski definition) is 4. The fourth-order valence-electron chi connectivity index (χ4n) is 2.17. The molecule has 0 aliphatic carbocycles. The smallest absolute Gasteiger partial charge is 0.265 e. The number of sulfonamides is 1. The van der Waals surface area contributed by atoms with Crippen molar-refractivity contribution >= 4 is 28.3 Å². The first-order valence-electron chi connectivity index (χ1n) is 6.09. The van der Waals surface area contributed by atoms with E-state index in [4.69, 9.17) is 5.73 Å². The molecule has 1 aliphatic rings. The molecular formula is C11H19ClN4O3S. The van der Waals surface area contributed by atoms with Crippen molar-refractivity contribution in [3.05, 3.63) is 18.0 Å². The summed E-state index contributed by atoms with van der Waals surface area (Å²) in [5.41, 5.74) is 5.34. The Labute approximate surface area is 124 Å². The van der Waals surface area contributed by atoms with E-state index in [0.717, 1.165) is 19.4 Å². The minimum absolute atomic E-state index is 0. The van der Waals surface area contributed by atoms with Crippen LogP contribution in [0.25, 0.3) is 0 Å². The van der Waals surface area contributed by atoms with Crippen molar-refractivity contribution in [3.8, 4) is 0 Å². The maximum Gasteiger partial charge on any atom is 0.265 e. The Hall–Kier alpha value is -1.09. The number of nitrogens with two attached hydrogens (primary N) is 1. The Bertz CT molecular complexity index is 578. The zero-order valence-electron chi connectivity index (χ0n) is 11.1. The molecule has 0 bridgehead atoms. The maximum absolute atomic E-state index is 12.2. The zero-order chi connectivity index (χ0) is 14.0. The van der Waals surface area contributed by atoms with Crippen LogP contribution in [-0.2, 0) is 17.1 Å². The van der Waals surface area contributed by atoms with Crippen LogP contribution in [0.5, 0.6) is 0 Å². The molecule has 1 aromatic rings. The Morgan fingerprint density at radius 1 is 1.55 bits per heavy atom. The Kier molecular flexibility index (Phi) is 5.58. The van der Waals surface area contributed by atoms with Crippen LogP contribution in [0, 0.1) is 0 Å². The summed E-state index contributed by atoms with van der Waals surface area (Å²) in [5.74, 6) is -0.650. The van der Waals surface area contributed by atoms with Crippen molar-refractivity contribution in [3.63, 3.8) is 0 Å². The van der Waals surface area contributed by atoms with Gasteiger partial charge in [-0.3, -0.25) is 4.79 Å². The van der Waals surface area contributed by atoms with Gasteiger partial charge in [0.1, 0.15) is 10.6 Å². The number of hydrogen-bond donors (Lipinski definition) is 3. The molecule has 1 aromatic heterocycles. The van der Waals surface area contributed by atoms with Crippen LogP contribution in [0.3, 0.4) is 0 Å². The van der Waals surface area contributed by atoms with Crippen LogP contribution in [0.2, 0.25) is 0 Å². The highest BCUT2D eigenvalue weighted by atomic mass is 35.5. The molecule has 0 aromatic carbocycles. The molecule has 1 atom stereocenters. The van der Waals surface area contributed by atoms with Crippen LogP contribution >= 0.6 is 12.4 Å². The van der Waals surface area contributed by atoms with Crippen LogP contribution in [0.4, 0.5) is 0 Å². The minimum atomic E-state index is -3.61. The summed E-state index contributed by atoms with van der Waals surface area (Å²) in [6.45, 7) is 1.53. The van der Waals surface area contributed by atoms with Gasteiger partial charge < -0.3 is 15.6 Å². The Morgan fingerprint density at radius 2 is 2.25 bits per heavy atom. The van der Waals surface area contributed by atoms with E-state index in [0.29, 0.717) is 6.54 Å². The topological polar surface area (TPSA) is 106 Å². The van der Waals surface area contributed by atoms with Crippen molar-refractivity contribution in [2.24, 2.45) is 12.8 Å².